The second-order valence-electron chi connectivity index (χ2n) is 6.44. The van der Waals surface area contributed by atoms with Crippen LogP contribution >= 0.6 is 23.2 Å². The number of aromatic nitrogens is 3. The highest BCUT2D eigenvalue weighted by Gasteiger charge is 2.13. The summed E-state index contributed by atoms with van der Waals surface area (Å²) >= 11 is 12.1. The van der Waals surface area contributed by atoms with Crippen LogP contribution < -0.4 is 5.32 Å². The maximum atomic E-state index is 12.3. The van der Waals surface area contributed by atoms with Crippen molar-refractivity contribution in [2.24, 2.45) is 0 Å². The fraction of sp³-hybridized carbons (Fsp3) is 0. The van der Waals surface area contributed by atoms with E-state index in [0.29, 0.717) is 27.3 Å². The van der Waals surface area contributed by atoms with Crippen molar-refractivity contribution < 1.29 is 9.72 Å². The zero-order chi connectivity index (χ0) is 22.0. The minimum Gasteiger partial charge on any atom is -0.321 e. The summed E-state index contributed by atoms with van der Waals surface area (Å²) in [6.45, 7) is 0. The molecule has 1 aromatic heterocycles. The van der Waals surface area contributed by atoms with E-state index in [1.165, 1.54) is 29.1 Å². The minimum absolute atomic E-state index is 0.0234. The Morgan fingerprint density at radius 1 is 1.00 bits per heavy atom. The van der Waals surface area contributed by atoms with E-state index < -0.39 is 10.8 Å². The number of nitrogens with zero attached hydrogens (tertiary/aromatic N) is 4. The van der Waals surface area contributed by atoms with E-state index in [-0.39, 0.29) is 10.7 Å². The first-order valence-corrected chi connectivity index (χ1v) is 9.71. The van der Waals surface area contributed by atoms with Crippen molar-refractivity contribution in [2.45, 2.75) is 0 Å². The van der Waals surface area contributed by atoms with Gasteiger partial charge in [0.2, 0.25) is 5.91 Å². The summed E-state index contributed by atoms with van der Waals surface area (Å²) in [5.74, 6) is -0.464. The Morgan fingerprint density at radius 2 is 1.71 bits per heavy atom. The molecule has 0 unspecified atom stereocenters. The van der Waals surface area contributed by atoms with Gasteiger partial charge in [-0.3, -0.25) is 14.9 Å². The van der Waals surface area contributed by atoms with Crippen LogP contribution in [0.25, 0.3) is 22.8 Å². The van der Waals surface area contributed by atoms with Gasteiger partial charge in [-0.15, -0.1) is 10.2 Å². The number of fused-ring (bicyclic) bond motifs is 1. The van der Waals surface area contributed by atoms with Gasteiger partial charge in [-0.25, -0.2) is 0 Å². The van der Waals surface area contributed by atoms with Crippen molar-refractivity contribution in [1.29, 1.82) is 0 Å². The lowest BCUT2D eigenvalue weighted by Crippen LogP contribution is -2.08. The summed E-state index contributed by atoms with van der Waals surface area (Å²) in [6.07, 6.45) is 2.69. The molecule has 0 aliphatic rings. The first-order chi connectivity index (χ1) is 14.9. The van der Waals surface area contributed by atoms with Crippen molar-refractivity contribution >= 4 is 57.6 Å². The number of carbonyl (C=O) groups is 1. The molecule has 1 heterocycles. The lowest BCUT2D eigenvalue weighted by molar-refractivity contribution is -0.384. The molecule has 0 bridgehead atoms. The number of nitrogens with one attached hydrogen (secondary N) is 1. The minimum atomic E-state index is -0.586. The molecule has 4 rings (SSSR count). The third-order valence-corrected chi connectivity index (χ3v) is 4.94. The third-order valence-electron chi connectivity index (χ3n) is 4.31. The average molecular weight is 454 g/mol. The highest BCUT2D eigenvalue weighted by Crippen LogP contribution is 2.28. The van der Waals surface area contributed by atoms with Crippen molar-refractivity contribution in [3.05, 3.63) is 92.5 Å². The fourth-order valence-electron chi connectivity index (χ4n) is 2.83. The molecule has 1 N–H and O–H groups in total. The first-order valence-electron chi connectivity index (χ1n) is 8.96. The van der Waals surface area contributed by atoms with Gasteiger partial charge in [0.25, 0.3) is 5.69 Å². The van der Waals surface area contributed by atoms with Gasteiger partial charge < -0.3 is 5.32 Å². The van der Waals surface area contributed by atoms with E-state index in [2.05, 4.69) is 15.5 Å². The van der Waals surface area contributed by atoms with Crippen molar-refractivity contribution in [3.63, 3.8) is 0 Å². The second kappa shape index (κ2) is 8.55. The van der Waals surface area contributed by atoms with Crippen LogP contribution in [-0.2, 0) is 4.79 Å². The molecule has 10 heteroatoms. The summed E-state index contributed by atoms with van der Waals surface area (Å²) in [4.78, 5) is 24.2. The average Bonchev–Trinajstić information content (AvgIpc) is 3.16. The SMILES string of the molecule is O=C(C=Cc1ccc(Cl)c([N+](=O)[O-])c1)Nc1cc2nn(-c3ccccc3)nc2cc1Cl. The summed E-state index contributed by atoms with van der Waals surface area (Å²) < 4.78 is 0. The van der Waals surface area contributed by atoms with Crippen LogP contribution in [0.1, 0.15) is 5.56 Å². The molecule has 0 saturated heterocycles. The Hall–Kier alpha value is -3.75. The Morgan fingerprint density at radius 3 is 2.42 bits per heavy atom. The normalized spacial score (nSPS) is 11.2. The largest absolute Gasteiger partial charge is 0.321 e. The highest BCUT2D eigenvalue weighted by atomic mass is 35.5. The molecule has 0 aliphatic carbocycles. The van der Waals surface area contributed by atoms with E-state index in [0.717, 1.165) is 5.69 Å². The van der Waals surface area contributed by atoms with Crippen LogP contribution in [0.2, 0.25) is 10.0 Å². The number of benzene rings is 3. The second-order valence-corrected chi connectivity index (χ2v) is 7.25. The molecule has 3 aromatic carbocycles. The molecular formula is C21H13Cl2N5O3. The van der Waals surface area contributed by atoms with E-state index in [1.54, 1.807) is 18.2 Å². The summed E-state index contributed by atoms with van der Waals surface area (Å²) in [5.41, 5.74) is 2.51. The number of hydrogen-bond acceptors (Lipinski definition) is 5. The zero-order valence-corrected chi connectivity index (χ0v) is 17.2. The molecule has 31 heavy (non-hydrogen) atoms. The number of nitro benzene ring substituents is 1. The zero-order valence-electron chi connectivity index (χ0n) is 15.7. The van der Waals surface area contributed by atoms with Crippen LogP contribution in [0.3, 0.4) is 0 Å². The number of amides is 1. The van der Waals surface area contributed by atoms with Gasteiger partial charge in [-0.1, -0.05) is 47.5 Å². The Bertz CT molecular complexity index is 1340. The first kappa shape index (κ1) is 20.5. The van der Waals surface area contributed by atoms with Crippen molar-refractivity contribution in [2.75, 3.05) is 5.32 Å². The topological polar surface area (TPSA) is 103 Å². The van der Waals surface area contributed by atoms with Gasteiger partial charge in [0, 0.05) is 12.1 Å². The number of hydrogen-bond donors (Lipinski definition) is 1. The van der Waals surface area contributed by atoms with E-state index in [4.69, 9.17) is 23.2 Å². The third kappa shape index (κ3) is 4.55. The van der Waals surface area contributed by atoms with Crippen LogP contribution in [0.4, 0.5) is 11.4 Å². The summed E-state index contributed by atoms with van der Waals surface area (Å²) in [5, 5.41) is 22.8. The number of rotatable bonds is 5. The predicted molar refractivity (Wildman–Crippen MR) is 120 cm³/mol. The number of carbonyl (C=O) groups excluding carboxylic acids is 1. The monoisotopic (exact) mass is 453 g/mol. The lowest BCUT2D eigenvalue weighted by Gasteiger charge is -2.04. The van der Waals surface area contributed by atoms with Crippen LogP contribution in [0.5, 0.6) is 0 Å². The van der Waals surface area contributed by atoms with Gasteiger partial charge in [0.15, 0.2) is 0 Å². The Labute approximate surface area is 185 Å². The lowest BCUT2D eigenvalue weighted by atomic mass is 10.2. The molecule has 0 fully saturated rings. The van der Waals surface area contributed by atoms with Crippen LogP contribution in [0.15, 0.2) is 66.7 Å². The quantitative estimate of drug-likeness (QED) is 0.251. The molecule has 0 spiro atoms. The maximum absolute atomic E-state index is 12.3. The molecular weight excluding hydrogens is 441 g/mol. The molecule has 1 amide bonds. The molecule has 0 radical (unpaired) electrons. The molecule has 4 aromatic rings. The maximum Gasteiger partial charge on any atom is 0.288 e. The van der Waals surface area contributed by atoms with Gasteiger partial charge in [-0.05, 0) is 42.0 Å². The van der Waals surface area contributed by atoms with Gasteiger partial charge in [0.05, 0.1) is 21.3 Å². The van der Waals surface area contributed by atoms with Gasteiger partial charge in [-0.2, -0.15) is 4.80 Å². The molecule has 0 saturated carbocycles. The van der Waals surface area contributed by atoms with Crippen molar-refractivity contribution in [3.8, 4) is 5.69 Å². The van der Waals surface area contributed by atoms with Crippen LogP contribution in [-0.4, -0.2) is 25.8 Å². The molecule has 0 aliphatic heterocycles. The van der Waals surface area contributed by atoms with Gasteiger partial charge >= 0.3 is 0 Å². The van der Waals surface area contributed by atoms with E-state index in [9.17, 15) is 14.9 Å². The summed E-state index contributed by atoms with van der Waals surface area (Å²) in [7, 11) is 0. The number of para-hydroxylation sites is 1. The van der Waals surface area contributed by atoms with E-state index in [1.807, 2.05) is 30.3 Å². The Kier molecular flexibility index (Phi) is 5.66. The van der Waals surface area contributed by atoms with E-state index >= 15 is 0 Å². The standard InChI is InChI=1S/C21H13Cl2N5O3/c22-15-8-6-13(10-20(15)28(30)31)7-9-21(29)24-17-12-19-18(11-16(17)23)25-27(26-19)14-4-2-1-3-5-14/h1-12H,(H,24,29). The summed E-state index contributed by atoms with van der Waals surface area (Å²) in [6, 6.07) is 16.9. The smallest absolute Gasteiger partial charge is 0.288 e. The number of halogens is 2. The molecule has 8 nitrogen and oxygen atoms in total. The Balaban J connectivity index is 1.54. The highest BCUT2D eigenvalue weighted by molar-refractivity contribution is 6.34. The molecule has 154 valence electrons. The fourth-order valence-corrected chi connectivity index (χ4v) is 3.22. The van der Waals surface area contributed by atoms with Crippen LogP contribution in [0, 0.1) is 10.1 Å². The van der Waals surface area contributed by atoms with Crippen molar-refractivity contribution in [1.82, 2.24) is 15.0 Å². The number of nitro groups is 1. The number of anilines is 1. The predicted octanol–water partition coefficient (Wildman–Crippen LogP) is 5.29. The molecule has 0 atom stereocenters. The van der Waals surface area contributed by atoms with Gasteiger partial charge in [0.1, 0.15) is 16.1 Å².